The Labute approximate surface area is 174 Å². The van der Waals surface area contributed by atoms with Crippen molar-refractivity contribution in [3.8, 4) is 23.0 Å². The van der Waals surface area contributed by atoms with Gasteiger partial charge in [-0.15, -0.1) is 0 Å². The van der Waals surface area contributed by atoms with Crippen LogP contribution >= 0.6 is 0 Å². The van der Waals surface area contributed by atoms with E-state index in [4.69, 9.17) is 19.9 Å². The van der Waals surface area contributed by atoms with E-state index in [1.165, 1.54) is 12.1 Å². The van der Waals surface area contributed by atoms with Crippen molar-refractivity contribution in [2.75, 3.05) is 34.4 Å². The van der Waals surface area contributed by atoms with Gasteiger partial charge in [0.2, 0.25) is 5.91 Å². The fourth-order valence-corrected chi connectivity index (χ4v) is 2.91. The second-order valence-electron chi connectivity index (χ2n) is 6.95. The molecule has 3 rings (SSSR count). The first-order valence-electron chi connectivity index (χ1n) is 9.40. The maximum absolute atomic E-state index is 14.3. The highest BCUT2D eigenvalue weighted by Gasteiger charge is 2.14. The van der Waals surface area contributed by atoms with E-state index < -0.39 is 11.7 Å². The van der Waals surface area contributed by atoms with Gasteiger partial charge in [-0.2, -0.15) is 0 Å². The lowest BCUT2D eigenvalue weighted by atomic mass is 10.1. The average molecular weight is 413 g/mol. The molecular weight excluding hydrogens is 389 g/mol. The van der Waals surface area contributed by atoms with Gasteiger partial charge in [-0.05, 0) is 50.8 Å². The van der Waals surface area contributed by atoms with Crippen molar-refractivity contribution in [3.05, 3.63) is 54.0 Å². The van der Waals surface area contributed by atoms with E-state index in [9.17, 15) is 9.18 Å². The molecule has 2 aromatic carbocycles. The zero-order valence-corrected chi connectivity index (χ0v) is 17.1. The predicted molar refractivity (Wildman–Crippen MR) is 112 cm³/mol. The third-order valence-electron chi connectivity index (χ3n) is 4.43. The number of amides is 1. The molecular formula is C22H24FN3O4. The van der Waals surface area contributed by atoms with Crippen LogP contribution in [-0.2, 0) is 0 Å². The van der Waals surface area contributed by atoms with Crippen molar-refractivity contribution in [3.63, 3.8) is 0 Å². The molecule has 1 heterocycles. The summed E-state index contributed by atoms with van der Waals surface area (Å²) in [4.78, 5) is 17.6. The number of hydrogen-bond acceptors (Lipinski definition) is 6. The number of rotatable bonds is 9. The summed E-state index contributed by atoms with van der Waals surface area (Å²) in [6.07, 6.45) is 2.43. The van der Waals surface area contributed by atoms with E-state index >= 15 is 0 Å². The number of carbonyl (C=O) groups excluding carboxylic acids is 1. The Morgan fingerprint density at radius 2 is 1.90 bits per heavy atom. The van der Waals surface area contributed by atoms with Gasteiger partial charge in [0.15, 0.2) is 23.1 Å². The zero-order chi connectivity index (χ0) is 21.7. The predicted octanol–water partition coefficient (Wildman–Crippen LogP) is 3.60. The molecule has 0 bridgehead atoms. The van der Waals surface area contributed by atoms with Crippen LogP contribution in [0.5, 0.6) is 23.0 Å². The Morgan fingerprint density at radius 3 is 2.57 bits per heavy atom. The summed E-state index contributed by atoms with van der Waals surface area (Å²) >= 11 is 0. The lowest BCUT2D eigenvalue weighted by molar-refractivity contribution is 0.1000. The summed E-state index contributed by atoms with van der Waals surface area (Å²) in [6, 6.07) is 8.95. The number of primary amides is 1. The number of hydrogen-bond donors (Lipinski definition) is 1. The molecule has 7 nitrogen and oxygen atoms in total. The molecule has 1 amide bonds. The highest BCUT2D eigenvalue weighted by Crippen LogP contribution is 2.37. The van der Waals surface area contributed by atoms with Crippen molar-refractivity contribution in [1.29, 1.82) is 0 Å². The average Bonchev–Trinajstić information content (AvgIpc) is 2.72. The third-order valence-corrected chi connectivity index (χ3v) is 4.43. The molecule has 0 aliphatic rings. The number of ether oxygens (including phenoxy) is 3. The first kappa shape index (κ1) is 21.3. The lowest BCUT2D eigenvalue weighted by Gasteiger charge is -2.15. The van der Waals surface area contributed by atoms with Crippen molar-refractivity contribution in [1.82, 2.24) is 9.88 Å². The van der Waals surface area contributed by atoms with Crippen LogP contribution < -0.4 is 19.9 Å². The SMILES string of the molecule is COc1cc2c(Oc3ccc(C(N)=O)cc3F)ccnc2cc1OCCCN(C)C. The highest BCUT2D eigenvalue weighted by atomic mass is 19.1. The fraction of sp³-hybridized carbons (Fsp3) is 0.273. The van der Waals surface area contributed by atoms with E-state index in [1.807, 2.05) is 14.1 Å². The third kappa shape index (κ3) is 4.96. The maximum Gasteiger partial charge on any atom is 0.248 e. The van der Waals surface area contributed by atoms with E-state index in [0.29, 0.717) is 34.8 Å². The van der Waals surface area contributed by atoms with Crippen LogP contribution in [0.15, 0.2) is 42.6 Å². The Balaban J connectivity index is 1.89. The molecule has 0 aliphatic carbocycles. The quantitative estimate of drug-likeness (QED) is 0.540. The Hall–Kier alpha value is -3.39. The van der Waals surface area contributed by atoms with Gasteiger partial charge < -0.3 is 24.8 Å². The minimum atomic E-state index is -0.711. The molecule has 0 saturated heterocycles. The molecule has 8 heteroatoms. The first-order valence-corrected chi connectivity index (χ1v) is 9.40. The summed E-state index contributed by atoms with van der Waals surface area (Å²) in [7, 11) is 5.56. The van der Waals surface area contributed by atoms with Gasteiger partial charge in [0.1, 0.15) is 5.75 Å². The van der Waals surface area contributed by atoms with Gasteiger partial charge >= 0.3 is 0 Å². The first-order chi connectivity index (χ1) is 14.4. The number of pyridine rings is 1. The number of carbonyl (C=O) groups is 1. The van der Waals surface area contributed by atoms with Gasteiger partial charge in [0.25, 0.3) is 0 Å². The van der Waals surface area contributed by atoms with E-state index in [-0.39, 0.29) is 11.3 Å². The summed E-state index contributed by atoms with van der Waals surface area (Å²) in [6.45, 7) is 1.44. The molecule has 0 fully saturated rings. The maximum atomic E-state index is 14.3. The van der Waals surface area contributed by atoms with Crippen LogP contribution in [0.1, 0.15) is 16.8 Å². The Morgan fingerprint density at radius 1 is 1.10 bits per heavy atom. The number of nitrogens with zero attached hydrogens (tertiary/aromatic N) is 2. The molecule has 0 saturated carbocycles. The summed E-state index contributed by atoms with van der Waals surface area (Å²) in [5, 5.41) is 0.633. The Bertz CT molecular complexity index is 1060. The monoisotopic (exact) mass is 413 g/mol. The van der Waals surface area contributed by atoms with Crippen LogP contribution in [0, 0.1) is 5.82 Å². The zero-order valence-electron chi connectivity index (χ0n) is 17.1. The Kier molecular flexibility index (Phi) is 6.68. The van der Waals surface area contributed by atoms with Crippen molar-refractivity contribution in [2.24, 2.45) is 5.73 Å². The molecule has 0 radical (unpaired) electrons. The van der Waals surface area contributed by atoms with Gasteiger partial charge in [0.05, 0.1) is 19.2 Å². The van der Waals surface area contributed by atoms with E-state index in [1.54, 1.807) is 31.5 Å². The summed E-state index contributed by atoms with van der Waals surface area (Å²) in [5.74, 6) is 0.0561. The second kappa shape index (κ2) is 9.41. The molecule has 158 valence electrons. The number of fused-ring (bicyclic) bond motifs is 1. The molecule has 0 spiro atoms. The van der Waals surface area contributed by atoms with Gasteiger partial charge in [-0.25, -0.2) is 4.39 Å². The smallest absolute Gasteiger partial charge is 0.248 e. The van der Waals surface area contributed by atoms with Gasteiger partial charge in [-0.3, -0.25) is 9.78 Å². The minimum Gasteiger partial charge on any atom is -0.493 e. The lowest BCUT2D eigenvalue weighted by Crippen LogP contribution is -2.15. The number of nitrogens with two attached hydrogens (primary N) is 1. The molecule has 30 heavy (non-hydrogen) atoms. The topological polar surface area (TPSA) is 86.9 Å². The highest BCUT2D eigenvalue weighted by molar-refractivity contribution is 5.93. The molecule has 2 N–H and O–H groups in total. The minimum absolute atomic E-state index is 0.0320. The van der Waals surface area contributed by atoms with E-state index in [2.05, 4.69) is 9.88 Å². The number of methoxy groups -OCH3 is 1. The normalized spacial score (nSPS) is 11.0. The fourth-order valence-electron chi connectivity index (χ4n) is 2.91. The van der Waals surface area contributed by atoms with Crippen LogP contribution in [0.3, 0.4) is 0 Å². The van der Waals surface area contributed by atoms with Crippen LogP contribution in [0.25, 0.3) is 10.9 Å². The van der Waals surface area contributed by atoms with E-state index in [0.717, 1.165) is 19.0 Å². The van der Waals surface area contributed by atoms with Gasteiger partial charge in [0, 0.05) is 29.8 Å². The second-order valence-corrected chi connectivity index (χ2v) is 6.95. The largest absolute Gasteiger partial charge is 0.493 e. The summed E-state index contributed by atoms with van der Waals surface area (Å²) in [5.41, 5.74) is 5.86. The van der Waals surface area contributed by atoms with Crippen LogP contribution in [-0.4, -0.2) is 50.1 Å². The summed E-state index contributed by atoms with van der Waals surface area (Å²) < 4.78 is 31.4. The van der Waals surface area contributed by atoms with Crippen LogP contribution in [0.2, 0.25) is 0 Å². The van der Waals surface area contributed by atoms with Crippen LogP contribution in [0.4, 0.5) is 4.39 Å². The molecule has 1 aromatic heterocycles. The number of aromatic nitrogens is 1. The van der Waals surface area contributed by atoms with Crippen molar-refractivity contribution in [2.45, 2.75) is 6.42 Å². The van der Waals surface area contributed by atoms with Gasteiger partial charge in [-0.1, -0.05) is 0 Å². The standard InChI is InChI=1S/C22H24FN3O4/c1-26(2)9-4-10-29-21-13-17-15(12-20(21)28-3)18(7-8-25-17)30-19-6-5-14(22(24)27)11-16(19)23/h5-8,11-13H,4,9-10H2,1-3H3,(H2,24,27). The van der Waals surface area contributed by atoms with Crippen molar-refractivity contribution < 1.29 is 23.4 Å². The van der Waals surface area contributed by atoms with Crippen molar-refractivity contribution >= 4 is 16.8 Å². The number of halogens is 1. The molecule has 0 unspecified atom stereocenters. The molecule has 0 aliphatic heterocycles. The molecule has 3 aromatic rings. The number of benzene rings is 2. The molecule has 0 atom stereocenters.